The highest BCUT2D eigenvalue weighted by Crippen LogP contribution is 2.30. The van der Waals surface area contributed by atoms with Crippen molar-refractivity contribution in [2.75, 3.05) is 6.61 Å². The third-order valence-corrected chi connectivity index (χ3v) is 3.68. The molecule has 0 spiro atoms. The molecule has 1 aromatic carbocycles. The zero-order chi connectivity index (χ0) is 14.1. The molecular formula is C13H10FN3O2S. The van der Waals surface area contributed by atoms with Crippen LogP contribution < -0.4 is 0 Å². The van der Waals surface area contributed by atoms with Crippen LogP contribution in [0.5, 0.6) is 0 Å². The van der Waals surface area contributed by atoms with E-state index in [0.717, 1.165) is 4.70 Å². The summed E-state index contributed by atoms with van der Waals surface area (Å²) in [5.74, 6) is -0.931. The molecule has 0 radical (unpaired) electrons. The number of esters is 1. The van der Waals surface area contributed by atoms with Crippen LogP contribution in [0.2, 0.25) is 0 Å². The smallest absolute Gasteiger partial charge is 0.361 e. The van der Waals surface area contributed by atoms with Gasteiger partial charge in [-0.3, -0.25) is 0 Å². The quantitative estimate of drug-likeness (QED) is 0.753. The fourth-order valence-electron chi connectivity index (χ4n) is 1.94. The number of fused-ring (bicyclic) bond motifs is 1. The van der Waals surface area contributed by atoms with Crippen LogP contribution in [0, 0.1) is 5.82 Å². The Kier molecular flexibility index (Phi) is 3.19. The highest BCUT2D eigenvalue weighted by atomic mass is 32.1. The van der Waals surface area contributed by atoms with Crippen molar-refractivity contribution in [2.45, 2.75) is 6.92 Å². The van der Waals surface area contributed by atoms with Crippen LogP contribution in [-0.4, -0.2) is 28.0 Å². The molecule has 0 unspecified atom stereocenters. The second kappa shape index (κ2) is 5.01. The van der Waals surface area contributed by atoms with E-state index in [1.54, 1.807) is 19.1 Å². The van der Waals surface area contributed by atoms with Crippen LogP contribution >= 0.6 is 11.3 Å². The second-order valence-electron chi connectivity index (χ2n) is 4.03. The first-order chi connectivity index (χ1) is 9.70. The molecule has 0 bridgehead atoms. The van der Waals surface area contributed by atoms with Gasteiger partial charge in [0.1, 0.15) is 11.5 Å². The molecule has 0 fully saturated rings. The first-order valence-corrected chi connectivity index (χ1v) is 6.83. The number of carbonyl (C=O) groups excluding carboxylic acids is 1. The van der Waals surface area contributed by atoms with E-state index < -0.39 is 5.97 Å². The number of aromatic amines is 1. The molecule has 0 saturated carbocycles. The van der Waals surface area contributed by atoms with Crippen LogP contribution in [-0.2, 0) is 4.74 Å². The average Bonchev–Trinajstić information content (AvgIpc) is 3.07. The monoisotopic (exact) mass is 291 g/mol. The van der Waals surface area contributed by atoms with E-state index in [-0.39, 0.29) is 23.8 Å². The highest BCUT2D eigenvalue weighted by molar-refractivity contribution is 7.17. The lowest BCUT2D eigenvalue weighted by Crippen LogP contribution is -2.06. The molecule has 0 atom stereocenters. The van der Waals surface area contributed by atoms with E-state index in [9.17, 15) is 9.18 Å². The number of rotatable bonds is 3. The molecule has 0 saturated heterocycles. The zero-order valence-corrected chi connectivity index (χ0v) is 11.3. The van der Waals surface area contributed by atoms with Crippen LogP contribution in [0.25, 0.3) is 21.3 Å². The van der Waals surface area contributed by atoms with Gasteiger partial charge in [-0.2, -0.15) is 10.3 Å². The maximum Gasteiger partial charge on any atom is 0.361 e. The van der Waals surface area contributed by atoms with Gasteiger partial charge >= 0.3 is 5.97 Å². The minimum atomic E-state index is -0.581. The van der Waals surface area contributed by atoms with Crippen molar-refractivity contribution < 1.29 is 13.9 Å². The number of hydrogen-bond acceptors (Lipinski definition) is 5. The predicted molar refractivity (Wildman–Crippen MR) is 73.1 cm³/mol. The van der Waals surface area contributed by atoms with Crippen molar-refractivity contribution in [3.8, 4) is 11.3 Å². The summed E-state index contributed by atoms with van der Waals surface area (Å²) >= 11 is 1.42. The van der Waals surface area contributed by atoms with E-state index in [4.69, 9.17) is 4.74 Å². The van der Waals surface area contributed by atoms with Crippen molar-refractivity contribution in [3.05, 3.63) is 35.1 Å². The van der Waals surface area contributed by atoms with Crippen LogP contribution in [0.4, 0.5) is 4.39 Å². The molecule has 2 aromatic heterocycles. The third-order valence-electron chi connectivity index (χ3n) is 2.81. The Morgan fingerprint density at radius 2 is 2.30 bits per heavy atom. The summed E-state index contributed by atoms with van der Waals surface area (Å²) in [6.07, 6.45) is 0. The molecule has 102 valence electrons. The van der Waals surface area contributed by atoms with E-state index >= 15 is 0 Å². The lowest BCUT2D eigenvalue weighted by molar-refractivity contribution is 0.0520. The second-order valence-corrected chi connectivity index (χ2v) is 4.98. The third kappa shape index (κ3) is 2.05. The number of nitrogens with zero attached hydrogens (tertiary/aromatic N) is 2. The Hall–Kier alpha value is -2.28. The standard InChI is InChI=1S/C13H10FN3O2S/c1-2-19-13(18)12-11(15-17-16-12)7-5-9(14)8-3-4-20-10(8)6-7/h3-6H,2H2,1H3,(H,15,16,17). The average molecular weight is 291 g/mol. The van der Waals surface area contributed by atoms with Gasteiger partial charge < -0.3 is 4.74 Å². The van der Waals surface area contributed by atoms with E-state index in [2.05, 4.69) is 15.4 Å². The maximum atomic E-state index is 14.0. The normalized spacial score (nSPS) is 10.9. The number of benzene rings is 1. The van der Waals surface area contributed by atoms with Crippen molar-refractivity contribution in [2.24, 2.45) is 0 Å². The number of H-pyrrole nitrogens is 1. The van der Waals surface area contributed by atoms with Gasteiger partial charge in [-0.1, -0.05) is 0 Å². The Morgan fingerprint density at radius 1 is 1.45 bits per heavy atom. The lowest BCUT2D eigenvalue weighted by atomic mass is 10.1. The van der Waals surface area contributed by atoms with Gasteiger partial charge in [-0.15, -0.1) is 16.4 Å². The van der Waals surface area contributed by atoms with Gasteiger partial charge in [-0.25, -0.2) is 9.18 Å². The molecular weight excluding hydrogens is 281 g/mol. The predicted octanol–water partition coefficient (Wildman–Crippen LogP) is 3.00. The SMILES string of the molecule is CCOC(=O)c1n[nH]nc1-c1cc(F)c2ccsc2c1. The minimum absolute atomic E-state index is 0.0576. The molecule has 2 heterocycles. The van der Waals surface area contributed by atoms with Gasteiger partial charge in [0, 0.05) is 15.6 Å². The van der Waals surface area contributed by atoms with Crippen molar-refractivity contribution in [1.29, 1.82) is 0 Å². The van der Waals surface area contributed by atoms with E-state index in [0.29, 0.717) is 10.9 Å². The maximum absolute atomic E-state index is 14.0. The fraction of sp³-hybridized carbons (Fsp3) is 0.154. The highest BCUT2D eigenvalue weighted by Gasteiger charge is 2.20. The summed E-state index contributed by atoms with van der Waals surface area (Å²) in [6, 6.07) is 4.84. The van der Waals surface area contributed by atoms with Gasteiger partial charge in [0.15, 0.2) is 5.69 Å². The van der Waals surface area contributed by atoms with Crippen LogP contribution in [0.15, 0.2) is 23.6 Å². The molecule has 3 rings (SSSR count). The lowest BCUT2D eigenvalue weighted by Gasteiger charge is -2.02. The number of halogens is 1. The van der Waals surface area contributed by atoms with Crippen molar-refractivity contribution in [1.82, 2.24) is 15.4 Å². The van der Waals surface area contributed by atoms with Crippen LogP contribution in [0.3, 0.4) is 0 Å². The van der Waals surface area contributed by atoms with E-state index in [1.807, 2.05) is 5.38 Å². The summed E-state index contributed by atoms with van der Waals surface area (Å²) in [5.41, 5.74) is 0.842. The Balaban J connectivity index is 2.11. The van der Waals surface area contributed by atoms with Gasteiger partial charge in [0.05, 0.1) is 6.61 Å². The van der Waals surface area contributed by atoms with Crippen LogP contribution in [0.1, 0.15) is 17.4 Å². The number of thiophene rings is 1. The summed E-state index contributed by atoms with van der Waals surface area (Å²) in [5, 5.41) is 12.4. The molecule has 0 amide bonds. The topological polar surface area (TPSA) is 67.9 Å². The molecule has 0 aliphatic carbocycles. The Bertz CT molecular complexity index is 781. The van der Waals surface area contributed by atoms with Gasteiger partial charge in [0.2, 0.25) is 0 Å². The zero-order valence-electron chi connectivity index (χ0n) is 10.5. The van der Waals surface area contributed by atoms with Gasteiger partial charge in [-0.05, 0) is 30.5 Å². The minimum Gasteiger partial charge on any atom is -0.461 e. The molecule has 0 aliphatic heterocycles. The number of carbonyl (C=O) groups is 1. The molecule has 5 nitrogen and oxygen atoms in total. The molecule has 7 heteroatoms. The first kappa shape index (κ1) is 12.7. The summed E-state index contributed by atoms with van der Waals surface area (Å²) in [4.78, 5) is 11.8. The fourth-order valence-corrected chi connectivity index (χ4v) is 2.78. The van der Waals surface area contributed by atoms with E-state index in [1.165, 1.54) is 17.4 Å². The Morgan fingerprint density at radius 3 is 3.10 bits per heavy atom. The molecule has 0 aliphatic rings. The largest absolute Gasteiger partial charge is 0.461 e. The molecule has 20 heavy (non-hydrogen) atoms. The Labute approximate surface area is 117 Å². The number of ether oxygens (including phenoxy) is 1. The number of hydrogen-bond donors (Lipinski definition) is 1. The summed E-state index contributed by atoms with van der Waals surface area (Å²) in [6.45, 7) is 1.94. The number of nitrogens with one attached hydrogen (secondary N) is 1. The number of aromatic nitrogens is 3. The van der Waals surface area contributed by atoms with Crippen molar-refractivity contribution in [3.63, 3.8) is 0 Å². The van der Waals surface area contributed by atoms with Gasteiger partial charge in [0.25, 0.3) is 0 Å². The first-order valence-electron chi connectivity index (χ1n) is 5.95. The summed E-state index contributed by atoms with van der Waals surface area (Å²) in [7, 11) is 0. The summed E-state index contributed by atoms with van der Waals surface area (Å²) < 4.78 is 19.7. The van der Waals surface area contributed by atoms with Crippen molar-refractivity contribution >= 4 is 27.4 Å². The molecule has 3 aromatic rings. The molecule has 1 N–H and O–H groups in total.